The maximum absolute atomic E-state index is 13.2. The Hall–Kier alpha value is -3.58. The van der Waals surface area contributed by atoms with Gasteiger partial charge in [-0.2, -0.15) is 12.6 Å². The second-order valence-corrected chi connectivity index (χ2v) is 8.97. The van der Waals surface area contributed by atoms with Crippen molar-refractivity contribution < 1.29 is 34.2 Å². The number of benzene rings is 1. The summed E-state index contributed by atoms with van der Waals surface area (Å²) in [5.74, 6) is -4.64. The zero-order valence-corrected chi connectivity index (χ0v) is 20.2. The molecular formula is C23H29N5O7S. The highest BCUT2D eigenvalue weighted by Gasteiger charge is 2.38. The number of fused-ring (bicyclic) bond motifs is 1. The molecule has 7 N–H and O–H groups in total. The highest BCUT2D eigenvalue weighted by Crippen LogP contribution is 2.21. The first-order valence-corrected chi connectivity index (χ1v) is 12.0. The van der Waals surface area contributed by atoms with Crippen LogP contribution in [-0.4, -0.2) is 86.2 Å². The average molecular weight is 520 g/mol. The smallest absolute Gasteiger partial charge is 0.327 e. The number of carbonyl (C=O) groups is 5. The first-order valence-electron chi connectivity index (χ1n) is 11.4. The van der Waals surface area contributed by atoms with Crippen molar-refractivity contribution in [3.8, 4) is 0 Å². The summed E-state index contributed by atoms with van der Waals surface area (Å²) < 4.78 is 0. The SMILES string of the molecule is N[C@@H](CC(=O)O)C(=O)N1CCC[C@H]1C(=O)N[C@@H](Cc1c[nH]c2ccccc12)C(=O)N[C@H](CS)C(=O)O. The van der Waals surface area contributed by atoms with Gasteiger partial charge in [0.05, 0.1) is 12.5 Å². The number of nitrogens with one attached hydrogen (secondary N) is 3. The lowest BCUT2D eigenvalue weighted by Gasteiger charge is -2.28. The molecule has 2 heterocycles. The fraction of sp³-hybridized carbons (Fsp3) is 0.435. The van der Waals surface area contributed by atoms with Gasteiger partial charge >= 0.3 is 11.9 Å². The molecule has 36 heavy (non-hydrogen) atoms. The number of carboxylic acids is 2. The number of para-hydroxylation sites is 1. The van der Waals surface area contributed by atoms with Gasteiger partial charge in [-0.05, 0) is 24.5 Å². The summed E-state index contributed by atoms with van der Waals surface area (Å²) in [7, 11) is 0. The van der Waals surface area contributed by atoms with Crippen LogP contribution in [0.3, 0.4) is 0 Å². The van der Waals surface area contributed by atoms with E-state index in [1.807, 2.05) is 24.3 Å². The van der Waals surface area contributed by atoms with E-state index < -0.39 is 60.2 Å². The molecule has 1 aromatic heterocycles. The molecule has 1 aliphatic rings. The van der Waals surface area contributed by atoms with Crippen LogP contribution < -0.4 is 16.4 Å². The number of amides is 3. The van der Waals surface area contributed by atoms with Crippen LogP contribution in [0, 0.1) is 0 Å². The summed E-state index contributed by atoms with van der Waals surface area (Å²) in [6, 6.07) is 2.74. The minimum atomic E-state index is -1.30. The predicted molar refractivity (Wildman–Crippen MR) is 132 cm³/mol. The quantitative estimate of drug-likeness (QED) is 0.193. The molecule has 0 radical (unpaired) electrons. The third-order valence-corrected chi connectivity index (χ3v) is 6.44. The van der Waals surface area contributed by atoms with Gasteiger partial charge in [-0.15, -0.1) is 0 Å². The first kappa shape index (κ1) is 27.0. The van der Waals surface area contributed by atoms with Gasteiger partial charge in [-0.3, -0.25) is 19.2 Å². The zero-order valence-electron chi connectivity index (χ0n) is 19.3. The molecule has 4 atom stereocenters. The van der Waals surface area contributed by atoms with Crippen molar-refractivity contribution in [1.29, 1.82) is 0 Å². The molecule has 13 heteroatoms. The van der Waals surface area contributed by atoms with Crippen LogP contribution in [0.15, 0.2) is 30.5 Å². The fourth-order valence-corrected chi connectivity index (χ4v) is 4.49. The number of aromatic amines is 1. The Labute approximate surface area is 212 Å². The minimum Gasteiger partial charge on any atom is -0.481 e. The van der Waals surface area contributed by atoms with Crippen LogP contribution >= 0.6 is 12.6 Å². The third-order valence-electron chi connectivity index (χ3n) is 6.08. The van der Waals surface area contributed by atoms with Crippen LogP contribution in [0.25, 0.3) is 10.9 Å². The summed E-state index contributed by atoms with van der Waals surface area (Å²) in [5.41, 5.74) is 7.28. The monoisotopic (exact) mass is 519 g/mol. The van der Waals surface area contributed by atoms with Crippen LogP contribution in [-0.2, 0) is 30.4 Å². The maximum atomic E-state index is 13.2. The molecule has 1 fully saturated rings. The van der Waals surface area contributed by atoms with E-state index in [1.165, 1.54) is 4.90 Å². The third kappa shape index (κ3) is 6.34. The number of carbonyl (C=O) groups excluding carboxylic acids is 3. The molecule has 0 aliphatic carbocycles. The largest absolute Gasteiger partial charge is 0.481 e. The molecule has 1 saturated heterocycles. The molecule has 2 aromatic rings. The normalized spacial score (nSPS) is 17.8. The number of likely N-dealkylation sites (tertiary alicyclic amines) is 1. The molecule has 1 aromatic carbocycles. The summed E-state index contributed by atoms with van der Waals surface area (Å²) in [5, 5.41) is 24.1. The number of thiol groups is 1. The van der Waals surface area contributed by atoms with Crippen LogP contribution in [0.2, 0.25) is 0 Å². The number of nitrogens with two attached hydrogens (primary N) is 1. The van der Waals surface area contributed by atoms with Crippen molar-refractivity contribution in [3.63, 3.8) is 0 Å². The number of H-pyrrole nitrogens is 1. The topological polar surface area (TPSA) is 195 Å². The Morgan fingerprint density at radius 1 is 1.14 bits per heavy atom. The molecule has 1 aliphatic heterocycles. The van der Waals surface area contributed by atoms with E-state index in [2.05, 4.69) is 28.2 Å². The predicted octanol–water partition coefficient (Wildman–Crippen LogP) is -0.513. The van der Waals surface area contributed by atoms with Crippen molar-refractivity contribution in [3.05, 3.63) is 36.0 Å². The zero-order chi connectivity index (χ0) is 26.4. The summed E-state index contributed by atoms with van der Waals surface area (Å²) in [4.78, 5) is 65.7. The van der Waals surface area contributed by atoms with Gasteiger partial charge in [0.15, 0.2) is 0 Å². The van der Waals surface area contributed by atoms with E-state index in [9.17, 15) is 29.1 Å². The number of rotatable bonds is 11. The van der Waals surface area contributed by atoms with Crippen LogP contribution in [0.4, 0.5) is 0 Å². The van der Waals surface area contributed by atoms with Crippen LogP contribution in [0.1, 0.15) is 24.8 Å². The van der Waals surface area contributed by atoms with Crippen molar-refractivity contribution >= 4 is 53.2 Å². The van der Waals surface area contributed by atoms with Gasteiger partial charge in [0.1, 0.15) is 18.1 Å². The van der Waals surface area contributed by atoms with Gasteiger partial charge in [-0.1, -0.05) is 18.2 Å². The number of aromatic nitrogens is 1. The van der Waals surface area contributed by atoms with Crippen molar-refractivity contribution in [2.45, 2.75) is 49.9 Å². The lowest BCUT2D eigenvalue weighted by molar-refractivity contribution is -0.144. The Bertz CT molecular complexity index is 1150. The number of nitrogens with zero attached hydrogens (tertiary/aromatic N) is 1. The van der Waals surface area contributed by atoms with Gasteiger partial charge in [0, 0.05) is 35.8 Å². The number of hydrogen-bond donors (Lipinski definition) is 7. The van der Waals surface area contributed by atoms with Gasteiger partial charge in [-0.25, -0.2) is 4.79 Å². The summed E-state index contributed by atoms with van der Waals surface area (Å²) >= 11 is 3.97. The molecule has 3 rings (SSSR count). The molecule has 0 saturated carbocycles. The molecule has 12 nitrogen and oxygen atoms in total. The van der Waals surface area contributed by atoms with E-state index >= 15 is 0 Å². The highest BCUT2D eigenvalue weighted by molar-refractivity contribution is 7.80. The van der Waals surface area contributed by atoms with E-state index in [4.69, 9.17) is 10.8 Å². The van der Waals surface area contributed by atoms with E-state index in [-0.39, 0.29) is 18.7 Å². The van der Waals surface area contributed by atoms with Gasteiger partial charge < -0.3 is 36.5 Å². The van der Waals surface area contributed by atoms with E-state index in [0.717, 1.165) is 16.5 Å². The lowest BCUT2D eigenvalue weighted by Crippen LogP contribution is -2.57. The van der Waals surface area contributed by atoms with Crippen molar-refractivity contribution in [2.24, 2.45) is 5.73 Å². The molecule has 0 unspecified atom stereocenters. The molecule has 3 amide bonds. The Morgan fingerprint density at radius 3 is 2.53 bits per heavy atom. The van der Waals surface area contributed by atoms with E-state index in [0.29, 0.717) is 12.8 Å². The van der Waals surface area contributed by atoms with Crippen molar-refractivity contribution in [2.75, 3.05) is 12.3 Å². The maximum Gasteiger partial charge on any atom is 0.327 e. The van der Waals surface area contributed by atoms with Gasteiger partial charge in [0.2, 0.25) is 17.7 Å². The van der Waals surface area contributed by atoms with Crippen molar-refractivity contribution in [1.82, 2.24) is 20.5 Å². The highest BCUT2D eigenvalue weighted by atomic mass is 32.1. The average Bonchev–Trinajstić information content (AvgIpc) is 3.48. The number of hydrogen-bond acceptors (Lipinski definition) is 7. The Balaban J connectivity index is 1.81. The summed E-state index contributed by atoms with van der Waals surface area (Å²) in [6.45, 7) is 0.226. The summed E-state index contributed by atoms with van der Waals surface area (Å²) in [6.07, 6.45) is 2.01. The lowest BCUT2D eigenvalue weighted by atomic mass is 10.0. The van der Waals surface area contributed by atoms with Crippen LogP contribution in [0.5, 0.6) is 0 Å². The first-order chi connectivity index (χ1) is 17.1. The molecule has 194 valence electrons. The standard InChI is InChI=1S/C23H29N5O7S/c24-14(9-19(29)30)22(33)28-7-3-6-18(28)21(32)26-16(20(31)27-17(11-36)23(34)35)8-12-10-25-15-5-2-1-4-13(12)15/h1-2,4-5,10,14,16-18,25,36H,3,6-9,11,24H2,(H,26,32)(H,27,31)(H,29,30)(H,34,35)/t14-,16-,17+,18-/m0/s1. The Morgan fingerprint density at radius 2 is 1.86 bits per heavy atom. The molecule has 0 bridgehead atoms. The van der Waals surface area contributed by atoms with E-state index in [1.54, 1.807) is 6.20 Å². The molecular weight excluding hydrogens is 490 g/mol. The minimum absolute atomic E-state index is 0.0552. The number of carboxylic acid groups (broad SMARTS) is 2. The Kier molecular flexibility index (Phi) is 8.93. The molecule has 0 spiro atoms. The van der Waals surface area contributed by atoms with Gasteiger partial charge in [0.25, 0.3) is 0 Å². The second kappa shape index (κ2) is 11.9. The number of aliphatic carboxylic acids is 2. The fourth-order valence-electron chi connectivity index (χ4n) is 4.25. The second-order valence-electron chi connectivity index (χ2n) is 8.60.